The van der Waals surface area contributed by atoms with Gasteiger partial charge >= 0.3 is 0 Å². The molecule has 0 aliphatic heterocycles. The third kappa shape index (κ3) is 3.51. The third-order valence-corrected chi connectivity index (χ3v) is 3.13. The van der Waals surface area contributed by atoms with Crippen LogP contribution in [0.2, 0.25) is 0 Å². The number of alkyl halides is 2. The first kappa shape index (κ1) is 10.1. The molecule has 1 heterocycles. The van der Waals surface area contributed by atoms with Gasteiger partial charge < -0.3 is 4.74 Å². The van der Waals surface area contributed by atoms with Gasteiger partial charge in [0.15, 0.2) is 0 Å². The van der Waals surface area contributed by atoms with Gasteiger partial charge in [-0.25, -0.2) is 4.98 Å². The van der Waals surface area contributed by atoms with Crippen LogP contribution in [0.15, 0.2) is 5.38 Å². The first-order valence-corrected chi connectivity index (χ1v) is 6.93. The van der Waals surface area contributed by atoms with E-state index in [4.69, 9.17) is 4.74 Å². The SMILES string of the molecule is ICOCc1nc(CI)cs1. The van der Waals surface area contributed by atoms with E-state index >= 15 is 0 Å². The molecular weight excluding hydrogens is 388 g/mol. The Balaban J connectivity index is 2.44. The molecule has 0 aromatic carbocycles. The van der Waals surface area contributed by atoms with Crippen molar-refractivity contribution in [3.05, 3.63) is 16.1 Å². The van der Waals surface area contributed by atoms with Gasteiger partial charge in [-0.1, -0.05) is 45.2 Å². The van der Waals surface area contributed by atoms with Crippen LogP contribution in [0.3, 0.4) is 0 Å². The summed E-state index contributed by atoms with van der Waals surface area (Å²) in [6.07, 6.45) is 0. The molecule has 0 saturated carbocycles. The van der Waals surface area contributed by atoms with Gasteiger partial charge in [0.1, 0.15) is 5.01 Å². The Labute approximate surface area is 97.0 Å². The Morgan fingerprint density at radius 1 is 1.55 bits per heavy atom. The van der Waals surface area contributed by atoms with Crippen molar-refractivity contribution in [3.8, 4) is 0 Å². The molecule has 0 fully saturated rings. The zero-order valence-corrected chi connectivity index (χ0v) is 10.8. The van der Waals surface area contributed by atoms with Crippen molar-refractivity contribution in [2.75, 3.05) is 4.61 Å². The molecule has 0 aliphatic rings. The first-order chi connectivity index (χ1) is 5.36. The minimum Gasteiger partial charge on any atom is -0.364 e. The summed E-state index contributed by atoms with van der Waals surface area (Å²) in [4.78, 5) is 4.35. The molecule has 0 atom stereocenters. The highest BCUT2D eigenvalue weighted by Gasteiger charge is 1.99. The van der Waals surface area contributed by atoms with Gasteiger partial charge in [-0.2, -0.15) is 0 Å². The summed E-state index contributed by atoms with van der Waals surface area (Å²) in [6.45, 7) is 0.657. The van der Waals surface area contributed by atoms with E-state index < -0.39 is 0 Å². The van der Waals surface area contributed by atoms with Crippen LogP contribution in [0.1, 0.15) is 10.7 Å². The van der Waals surface area contributed by atoms with Gasteiger partial charge in [-0.05, 0) is 0 Å². The van der Waals surface area contributed by atoms with Crippen LogP contribution in [0.5, 0.6) is 0 Å². The van der Waals surface area contributed by atoms with E-state index in [1.165, 1.54) is 0 Å². The van der Waals surface area contributed by atoms with Crippen molar-refractivity contribution in [1.82, 2.24) is 4.98 Å². The lowest BCUT2D eigenvalue weighted by Gasteiger charge is -1.93. The van der Waals surface area contributed by atoms with Gasteiger partial charge in [0.2, 0.25) is 0 Å². The fourth-order valence-electron chi connectivity index (χ4n) is 0.602. The van der Waals surface area contributed by atoms with E-state index in [0.29, 0.717) is 6.61 Å². The molecule has 1 rings (SSSR count). The molecule has 0 amide bonds. The lowest BCUT2D eigenvalue weighted by Crippen LogP contribution is -1.89. The van der Waals surface area contributed by atoms with Crippen LogP contribution in [-0.4, -0.2) is 9.60 Å². The van der Waals surface area contributed by atoms with Gasteiger partial charge in [-0.3, -0.25) is 0 Å². The van der Waals surface area contributed by atoms with Crippen molar-refractivity contribution < 1.29 is 4.74 Å². The predicted octanol–water partition coefficient (Wildman–Crippen LogP) is 2.99. The predicted molar refractivity (Wildman–Crippen MR) is 63.5 cm³/mol. The summed E-state index contributed by atoms with van der Waals surface area (Å²) >= 11 is 6.16. The smallest absolute Gasteiger partial charge is 0.119 e. The summed E-state index contributed by atoms with van der Waals surface area (Å²) in [6, 6.07) is 0. The van der Waals surface area contributed by atoms with Crippen molar-refractivity contribution in [1.29, 1.82) is 0 Å². The van der Waals surface area contributed by atoms with E-state index in [2.05, 4.69) is 55.5 Å². The van der Waals surface area contributed by atoms with Gasteiger partial charge in [-0.15, -0.1) is 11.3 Å². The number of ether oxygens (including phenoxy) is 1. The molecule has 0 spiro atoms. The van der Waals surface area contributed by atoms with E-state index in [1.807, 2.05) is 0 Å². The summed E-state index contributed by atoms with van der Waals surface area (Å²) in [5.74, 6) is 0. The Bertz CT molecular complexity index is 216. The largest absolute Gasteiger partial charge is 0.364 e. The van der Waals surface area contributed by atoms with Crippen LogP contribution in [0.25, 0.3) is 0 Å². The molecule has 0 bridgehead atoms. The number of aromatic nitrogens is 1. The summed E-state index contributed by atoms with van der Waals surface area (Å²) < 4.78 is 6.93. The van der Waals surface area contributed by atoms with E-state index in [-0.39, 0.29) is 0 Å². The van der Waals surface area contributed by atoms with E-state index in [0.717, 1.165) is 19.7 Å². The quantitative estimate of drug-likeness (QED) is 0.578. The van der Waals surface area contributed by atoms with Gasteiger partial charge in [0.25, 0.3) is 0 Å². The fourth-order valence-corrected chi connectivity index (χ4v) is 2.24. The zero-order valence-electron chi connectivity index (χ0n) is 5.72. The van der Waals surface area contributed by atoms with Crippen molar-refractivity contribution in [2.45, 2.75) is 11.0 Å². The lowest BCUT2D eigenvalue weighted by atomic mass is 10.6. The topological polar surface area (TPSA) is 22.1 Å². The van der Waals surface area contributed by atoms with E-state index in [1.54, 1.807) is 11.3 Å². The fraction of sp³-hybridized carbons (Fsp3) is 0.500. The molecule has 2 nitrogen and oxygen atoms in total. The molecule has 1 aromatic rings. The number of hydrogen-bond donors (Lipinski definition) is 0. The molecule has 0 radical (unpaired) electrons. The summed E-state index contributed by atoms with van der Waals surface area (Å²) in [5.41, 5.74) is 1.16. The standard InChI is InChI=1S/C6H7I2NOS/c7-1-5-3-11-6(9-5)2-10-4-8/h3H,1-2,4H2. The maximum Gasteiger partial charge on any atom is 0.119 e. The molecule has 0 aliphatic carbocycles. The summed E-state index contributed by atoms with van der Waals surface area (Å²) in [5, 5.41) is 3.16. The maximum absolute atomic E-state index is 5.21. The zero-order chi connectivity index (χ0) is 8.10. The second-order valence-electron chi connectivity index (χ2n) is 1.82. The van der Waals surface area contributed by atoms with Gasteiger partial charge in [0.05, 0.1) is 16.9 Å². The number of nitrogens with zero attached hydrogens (tertiary/aromatic N) is 1. The number of halogens is 2. The highest BCUT2D eigenvalue weighted by molar-refractivity contribution is 14.1. The van der Waals surface area contributed by atoms with Crippen LogP contribution in [0.4, 0.5) is 0 Å². The minimum atomic E-state index is 0.657. The Morgan fingerprint density at radius 3 is 2.91 bits per heavy atom. The monoisotopic (exact) mass is 395 g/mol. The van der Waals surface area contributed by atoms with Crippen LogP contribution < -0.4 is 0 Å². The normalized spacial score (nSPS) is 10.4. The third-order valence-electron chi connectivity index (χ3n) is 1.04. The minimum absolute atomic E-state index is 0.657. The average molecular weight is 395 g/mol. The molecule has 0 unspecified atom stereocenters. The molecular formula is C6H7I2NOS. The molecule has 11 heavy (non-hydrogen) atoms. The summed E-state index contributed by atoms with van der Waals surface area (Å²) in [7, 11) is 0. The van der Waals surface area contributed by atoms with E-state index in [9.17, 15) is 0 Å². The Hall–Kier alpha value is 1.05. The molecule has 0 saturated heterocycles. The Kier molecular flexibility index (Phi) is 5.21. The number of hydrogen-bond acceptors (Lipinski definition) is 3. The van der Waals surface area contributed by atoms with Gasteiger partial charge in [0, 0.05) is 9.81 Å². The van der Waals surface area contributed by atoms with Crippen molar-refractivity contribution >= 4 is 56.5 Å². The van der Waals surface area contributed by atoms with Crippen LogP contribution >= 0.6 is 56.5 Å². The molecule has 1 aromatic heterocycles. The first-order valence-electron chi connectivity index (χ1n) is 2.99. The number of thiazole rings is 1. The molecule has 5 heteroatoms. The highest BCUT2D eigenvalue weighted by Crippen LogP contribution is 2.13. The maximum atomic E-state index is 5.21. The lowest BCUT2D eigenvalue weighted by molar-refractivity contribution is 0.177. The average Bonchev–Trinajstić information content (AvgIpc) is 2.48. The Morgan fingerprint density at radius 2 is 2.36 bits per heavy atom. The molecule has 62 valence electrons. The number of rotatable bonds is 4. The second-order valence-corrected chi connectivity index (χ2v) is 4.15. The molecule has 0 N–H and O–H groups in total. The van der Waals surface area contributed by atoms with Crippen molar-refractivity contribution in [2.24, 2.45) is 0 Å². The van der Waals surface area contributed by atoms with Crippen LogP contribution in [0, 0.1) is 0 Å². The van der Waals surface area contributed by atoms with Crippen LogP contribution in [-0.2, 0) is 15.8 Å². The second kappa shape index (κ2) is 5.65. The highest BCUT2D eigenvalue weighted by atomic mass is 127. The van der Waals surface area contributed by atoms with Crippen molar-refractivity contribution in [3.63, 3.8) is 0 Å².